The van der Waals surface area contributed by atoms with Crippen molar-refractivity contribution in [1.29, 1.82) is 0 Å². The molecule has 2 heterocycles. The van der Waals surface area contributed by atoms with E-state index in [0.717, 1.165) is 28.7 Å². The summed E-state index contributed by atoms with van der Waals surface area (Å²) in [4.78, 5) is 26.6. The Morgan fingerprint density at radius 3 is 2.15 bits per heavy atom. The molecule has 2 amide bonds. The molecule has 2 aromatic carbocycles. The Balaban J connectivity index is 1.66. The Labute approximate surface area is 155 Å². The lowest BCUT2D eigenvalue weighted by Gasteiger charge is -2.11. The standard InChI is InChI=1S/C21H16N2O2S/c1-15-12-16(14-22(15)17-8-4-2-5-9-17)13-19-20(24)23(21(25)26-19)18-10-6-3-7-11-18/h2-14H,1H3/b19-13+. The van der Waals surface area contributed by atoms with Crippen molar-refractivity contribution in [3.63, 3.8) is 0 Å². The number of carbonyl (C=O) groups is 2. The van der Waals surface area contributed by atoms with E-state index in [4.69, 9.17) is 0 Å². The van der Waals surface area contributed by atoms with Crippen LogP contribution >= 0.6 is 11.8 Å². The molecule has 1 saturated heterocycles. The number of amides is 2. The van der Waals surface area contributed by atoms with Crippen molar-refractivity contribution in [2.75, 3.05) is 4.90 Å². The van der Waals surface area contributed by atoms with Crippen LogP contribution in [0.5, 0.6) is 0 Å². The van der Waals surface area contributed by atoms with E-state index >= 15 is 0 Å². The van der Waals surface area contributed by atoms with Gasteiger partial charge in [-0.25, -0.2) is 4.90 Å². The summed E-state index contributed by atoms with van der Waals surface area (Å²) in [5.74, 6) is -0.281. The van der Waals surface area contributed by atoms with Crippen molar-refractivity contribution in [3.05, 3.63) is 89.1 Å². The van der Waals surface area contributed by atoms with Crippen LogP contribution in [0.4, 0.5) is 10.5 Å². The summed E-state index contributed by atoms with van der Waals surface area (Å²) in [6.07, 6.45) is 3.75. The van der Waals surface area contributed by atoms with Crippen LogP contribution in [0.2, 0.25) is 0 Å². The maximum atomic E-state index is 12.7. The van der Waals surface area contributed by atoms with Gasteiger partial charge in [-0.1, -0.05) is 36.4 Å². The minimum absolute atomic E-state index is 0.272. The van der Waals surface area contributed by atoms with Gasteiger partial charge >= 0.3 is 0 Å². The highest BCUT2D eigenvalue weighted by atomic mass is 32.2. The van der Waals surface area contributed by atoms with Gasteiger partial charge < -0.3 is 4.57 Å². The fourth-order valence-corrected chi connectivity index (χ4v) is 3.80. The van der Waals surface area contributed by atoms with E-state index in [9.17, 15) is 9.59 Å². The Bertz CT molecular complexity index is 1010. The molecule has 0 atom stereocenters. The second-order valence-electron chi connectivity index (χ2n) is 5.97. The van der Waals surface area contributed by atoms with E-state index in [2.05, 4.69) is 4.57 Å². The van der Waals surface area contributed by atoms with Crippen molar-refractivity contribution in [3.8, 4) is 5.69 Å². The van der Waals surface area contributed by atoms with Crippen LogP contribution in [-0.2, 0) is 4.79 Å². The fourth-order valence-electron chi connectivity index (χ4n) is 2.96. The highest BCUT2D eigenvalue weighted by Crippen LogP contribution is 2.35. The average molecular weight is 360 g/mol. The summed E-state index contributed by atoms with van der Waals surface area (Å²) in [5, 5.41) is -0.272. The number of hydrogen-bond acceptors (Lipinski definition) is 3. The number of para-hydroxylation sites is 2. The van der Waals surface area contributed by atoms with Gasteiger partial charge in [0.25, 0.3) is 11.1 Å². The molecule has 1 aliphatic heterocycles. The third-order valence-electron chi connectivity index (χ3n) is 4.17. The summed E-state index contributed by atoms with van der Waals surface area (Å²) in [6.45, 7) is 2.01. The van der Waals surface area contributed by atoms with Crippen molar-refractivity contribution in [2.45, 2.75) is 6.92 Å². The first-order chi connectivity index (χ1) is 12.6. The van der Waals surface area contributed by atoms with Gasteiger partial charge in [0.2, 0.25) is 0 Å². The minimum atomic E-state index is -0.281. The van der Waals surface area contributed by atoms with Crippen LogP contribution in [0.3, 0.4) is 0 Å². The first kappa shape index (κ1) is 16.4. The summed E-state index contributed by atoms with van der Waals surface area (Å²) in [5.41, 5.74) is 3.60. The Hall–Kier alpha value is -3.05. The molecule has 0 N–H and O–H groups in total. The number of rotatable bonds is 3. The molecule has 5 heteroatoms. The predicted octanol–water partition coefficient (Wildman–Crippen LogP) is 5.03. The molecule has 0 unspecified atom stereocenters. The Morgan fingerprint density at radius 2 is 1.50 bits per heavy atom. The monoisotopic (exact) mass is 360 g/mol. The Kier molecular flexibility index (Phi) is 4.22. The van der Waals surface area contributed by atoms with E-state index in [1.165, 1.54) is 4.90 Å². The van der Waals surface area contributed by atoms with Gasteiger partial charge in [0, 0.05) is 17.6 Å². The van der Waals surface area contributed by atoms with Gasteiger partial charge in [-0.3, -0.25) is 9.59 Å². The smallest absolute Gasteiger partial charge is 0.298 e. The van der Waals surface area contributed by atoms with E-state index in [1.807, 2.05) is 67.7 Å². The number of anilines is 1. The maximum absolute atomic E-state index is 12.7. The molecule has 4 rings (SSSR count). The largest absolute Gasteiger partial charge is 0.321 e. The summed E-state index contributed by atoms with van der Waals surface area (Å²) in [6, 6.07) is 21.0. The first-order valence-corrected chi connectivity index (χ1v) is 9.02. The van der Waals surface area contributed by atoms with Gasteiger partial charge in [-0.05, 0) is 60.7 Å². The van der Waals surface area contributed by atoms with Crippen LogP contribution in [0.25, 0.3) is 11.8 Å². The summed E-state index contributed by atoms with van der Waals surface area (Å²) in [7, 11) is 0. The van der Waals surface area contributed by atoms with Gasteiger partial charge in [0.05, 0.1) is 10.6 Å². The van der Waals surface area contributed by atoms with Crippen LogP contribution < -0.4 is 4.90 Å². The molecule has 0 bridgehead atoms. The zero-order chi connectivity index (χ0) is 18.1. The Morgan fingerprint density at radius 1 is 0.885 bits per heavy atom. The molecule has 128 valence electrons. The van der Waals surface area contributed by atoms with Crippen LogP contribution in [-0.4, -0.2) is 15.7 Å². The average Bonchev–Trinajstić information content (AvgIpc) is 3.16. The molecule has 4 nitrogen and oxygen atoms in total. The first-order valence-electron chi connectivity index (χ1n) is 8.21. The number of aromatic nitrogens is 1. The van der Waals surface area contributed by atoms with Gasteiger partial charge in [0.15, 0.2) is 0 Å². The normalized spacial score (nSPS) is 15.9. The quantitative estimate of drug-likeness (QED) is 0.616. The van der Waals surface area contributed by atoms with Crippen LogP contribution in [0, 0.1) is 6.92 Å². The third kappa shape index (κ3) is 2.97. The van der Waals surface area contributed by atoms with E-state index in [0.29, 0.717) is 10.6 Å². The van der Waals surface area contributed by atoms with E-state index in [-0.39, 0.29) is 11.1 Å². The van der Waals surface area contributed by atoms with Crippen LogP contribution in [0.15, 0.2) is 77.8 Å². The summed E-state index contributed by atoms with van der Waals surface area (Å²) < 4.78 is 2.06. The van der Waals surface area contributed by atoms with Crippen molar-refractivity contribution >= 4 is 34.7 Å². The van der Waals surface area contributed by atoms with Crippen molar-refractivity contribution in [2.24, 2.45) is 0 Å². The summed E-state index contributed by atoms with van der Waals surface area (Å²) >= 11 is 0.972. The SMILES string of the molecule is Cc1cc(/C=C2/SC(=O)N(c3ccccc3)C2=O)cn1-c1ccccc1. The highest BCUT2D eigenvalue weighted by molar-refractivity contribution is 8.19. The number of imide groups is 1. The number of thioether (sulfide) groups is 1. The lowest BCUT2D eigenvalue weighted by atomic mass is 10.2. The molecular weight excluding hydrogens is 344 g/mol. The second-order valence-corrected chi connectivity index (χ2v) is 6.97. The van der Waals surface area contributed by atoms with Crippen molar-refractivity contribution in [1.82, 2.24) is 4.57 Å². The molecule has 0 spiro atoms. The zero-order valence-electron chi connectivity index (χ0n) is 14.1. The second kappa shape index (κ2) is 6.69. The lowest BCUT2D eigenvalue weighted by molar-refractivity contribution is -0.113. The number of nitrogens with zero attached hydrogens (tertiary/aromatic N) is 2. The molecule has 0 radical (unpaired) electrons. The fraction of sp³-hybridized carbons (Fsp3) is 0.0476. The molecule has 0 aliphatic carbocycles. The number of carbonyl (C=O) groups excluding carboxylic acids is 2. The topological polar surface area (TPSA) is 42.3 Å². The van der Waals surface area contributed by atoms with Gasteiger partial charge in [-0.2, -0.15) is 0 Å². The van der Waals surface area contributed by atoms with E-state index < -0.39 is 0 Å². The molecular formula is C21H16N2O2S. The zero-order valence-corrected chi connectivity index (χ0v) is 14.9. The predicted molar refractivity (Wildman–Crippen MR) is 105 cm³/mol. The number of aryl methyl sites for hydroxylation is 1. The van der Waals surface area contributed by atoms with Gasteiger partial charge in [0.1, 0.15) is 0 Å². The number of hydrogen-bond donors (Lipinski definition) is 0. The molecule has 1 aliphatic rings. The molecule has 3 aromatic rings. The van der Waals surface area contributed by atoms with Crippen molar-refractivity contribution < 1.29 is 9.59 Å². The lowest BCUT2D eigenvalue weighted by Crippen LogP contribution is -2.27. The van der Waals surface area contributed by atoms with Gasteiger partial charge in [-0.15, -0.1) is 0 Å². The third-order valence-corrected chi connectivity index (χ3v) is 5.04. The highest BCUT2D eigenvalue weighted by Gasteiger charge is 2.36. The molecule has 0 saturated carbocycles. The molecule has 1 aromatic heterocycles. The number of benzene rings is 2. The molecule has 26 heavy (non-hydrogen) atoms. The van der Waals surface area contributed by atoms with E-state index in [1.54, 1.807) is 18.2 Å². The van der Waals surface area contributed by atoms with Crippen LogP contribution in [0.1, 0.15) is 11.3 Å². The molecule has 1 fully saturated rings. The minimum Gasteiger partial charge on any atom is -0.321 e. The maximum Gasteiger partial charge on any atom is 0.298 e.